The van der Waals surface area contributed by atoms with E-state index < -0.39 is 10.1 Å². The van der Waals surface area contributed by atoms with Gasteiger partial charge in [-0.3, -0.25) is 4.55 Å². The van der Waals surface area contributed by atoms with Crippen molar-refractivity contribution in [2.45, 2.75) is 18.7 Å². The third-order valence-corrected chi connectivity index (χ3v) is 3.64. The molecular formula is C14H17N3O4S. The summed E-state index contributed by atoms with van der Waals surface area (Å²) in [6, 6.07) is 4.25. The first-order chi connectivity index (χ1) is 10.1. The molecule has 0 aromatic heterocycles. The summed E-state index contributed by atoms with van der Waals surface area (Å²) >= 11 is 0. The van der Waals surface area contributed by atoms with Gasteiger partial charge >= 0.3 is 0 Å². The Labute approximate surface area is 128 Å². The standard InChI is InChI=1S/C14H17N3O4S/c1-4-11(7-13(18)10(3)15)16-17-12-6-5-9(2)14(8-12)22(19,20)21/h4-8,18H,3,15H2,1-2H3,(H,19,20,21)/b11-4+,13-7+,17-16?. The van der Waals surface area contributed by atoms with Crippen LogP contribution in [0.1, 0.15) is 12.5 Å². The van der Waals surface area contributed by atoms with Crippen LogP contribution in [0.4, 0.5) is 5.69 Å². The fraction of sp³-hybridized carbons (Fsp3) is 0.143. The molecule has 0 unspecified atom stereocenters. The molecule has 0 amide bonds. The number of azo groups is 1. The van der Waals surface area contributed by atoms with Crippen LogP contribution in [0.25, 0.3) is 0 Å². The van der Waals surface area contributed by atoms with E-state index in [2.05, 4.69) is 16.8 Å². The van der Waals surface area contributed by atoms with Crippen LogP contribution in [0.15, 0.2) is 69.2 Å². The van der Waals surface area contributed by atoms with Crippen LogP contribution >= 0.6 is 0 Å². The van der Waals surface area contributed by atoms with Crippen LogP contribution in [0.5, 0.6) is 0 Å². The van der Waals surface area contributed by atoms with Crippen molar-refractivity contribution in [3.8, 4) is 0 Å². The molecule has 0 aliphatic heterocycles. The highest BCUT2D eigenvalue weighted by Crippen LogP contribution is 2.23. The van der Waals surface area contributed by atoms with E-state index in [4.69, 9.17) is 10.3 Å². The van der Waals surface area contributed by atoms with Crippen LogP contribution < -0.4 is 5.73 Å². The first kappa shape index (κ1) is 17.6. The van der Waals surface area contributed by atoms with Gasteiger partial charge in [-0.05, 0) is 31.5 Å². The molecule has 0 radical (unpaired) electrons. The third-order valence-electron chi connectivity index (χ3n) is 2.64. The minimum absolute atomic E-state index is 0.0152. The van der Waals surface area contributed by atoms with Gasteiger partial charge in [0.25, 0.3) is 10.1 Å². The average Bonchev–Trinajstić information content (AvgIpc) is 2.43. The SMILES string of the molecule is C=C(N)/C(O)=C\C(=C/C)N=Nc1ccc(C)c(S(=O)(=O)O)c1. The molecule has 4 N–H and O–H groups in total. The van der Waals surface area contributed by atoms with Gasteiger partial charge in [0.15, 0.2) is 0 Å². The van der Waals surface area contributed by atoms with E-state index in [1.54, 1.807) is 26.0 Å². The highest BCUT2D eigenvalue weighted by molar-refractivity contribution is 7.85. The summed E-state index contributed by atoms with van der Waals surface area (Å²) in [6.45, 7) is 6.60. The summed E-state index contributed by atoms with van der Waals surface area (Å²) in [4.78, 5) is -0.236. The number of aryl methyl sites for hydroxylation is 1. The van der Waals surface area contributed by atoms with E-state index in [0.717, 1.165) is 0 Å². The number of rotatable bonds is 5. The summed E-state index contributed by atoms with van der Waals surface area (Å²) in [5.74, 6) is -0.241. The molecule has 22 heavy (non-hydrogen) atoms. The third kappa shape index (κ3) is 4.83. The van der Waals surface area contributed by atoms with E-state index in [-0.39, 0.29) is 22.0 Å². The first-order valence-corrected chi connectivity index (χ1v) is 7.60. The molecule has 1 rings (SSSR count). The number of allylic oxidation sites excluding steroid dienone is 2. The molecule has 8 heteroatoms. The van der Waals surface area contributed by atoms with E-state index in [0.29, 0.717) is 11.3 Å². The van der Waals surface area contributed by atoms with Crippen molar-refractivity contribution in [3.05, 3.63) is 59.6 Å². The first-order valence-electron chi connectivity index (χ1n) is 6.16. The predicted molar refractivity (Wildman–Crippen MR) is 83.3 cm³/mol. The highest BCUT2D eigenvalue weighted by atomic mass is 32.2. The zero-order valence-electron chi connectivity index (χ0n) is 12.2. The minimum Gasteiger partial charge on any atom is -0.506 e. The molecule has 7 nitrogen and oxygen atoms in total. The lowest BCUT2D eigenvalue weighted by molar-refractivity contribution is 0.422. The number of hydrogen-bond acceptors (Lipinski definition) is 6. The van der Waals surface area contributed by atoms with Gasteiger partial charge < -0.3 is 10.8 Å². The molecule has 0 bridgehead atoms. The Morgan fingerprint density at radius 1 is 1.41 bits per heavy atom. The topological polar surface area (TPSA) is 125 Å². The molecule has 0 aliphatic rings. The van der Waals surface area contributed by atoms with Crippen LogP contribution in [0.2, 0.25) is 0 Å². The quantitative estimate of drug-likeness (QED) is 0.332. The van der Waals surface area contributed by atoms with Crippen LogP contribution in [-0.4, -0.2) is 18.1 Å². The number of aliphatic hydroxyl groups excluding tert-OH is 1. The fourth-order valence-corrected chi connectivity index (χ4v) is 2.19. The lowest BCUT2D eigenvalue weighted by atomic mass is 10.2. The molecule has 0 heterocycles. The Balaban J connectivity index is 3.14. The molecule has 0 fully saturated rings. The second kappa shape index (κ2) is 7.01. The molecule has 0 spiro atoms. The number of nitrogens with zero attached hydrogens (tertiary/aromatic N) is 2. The van der Waals surface area contributed by atoms with Gasteiger partial charge in [0.2, 0.25) is 0 Å². The molecule has 0 atom stereocenters. The Morgan fingerprint density at radius 2 is 2.05 bits per heavy atom. The monoisotopic (exact) mass is 323 g/mol. The maximum absolute atomic E-state index is 11.2. The lowest BCUT2D eigenvalue weighted by Crippen LogP contribution is -2.00. The van der Waals surface area contributed by atoms with Crippen molar-refractivity contribution in [1.29, 1.82) is 0 Å². The summed E-state index contributed by atoms with van der Waals surface area (Å²) < 4.78 is 31.6. The van der Waals surface area contributed by atoms with E-state index >= 15 is 0 Å². The normalized spacial score (nSPS) is 13.6. The van der Waals surface area contributed by atoms with Gasteiger partial charge in [0.05, 0.1) is 22.0 Å². The number of aliphatic hydroxyl groups is 1. The van der Waals surface area contributed by atoms with Gasteiger partial charge in [-0.1, -0.05) is 18.7 Å². The molecule has 0 saturated heterocycles. The number of hydrogen-bond donors (Lipinski definition) is 3. The van der Waals surface area contributed by atoms with Crippen molar-refractivity contribution in [2.75, 3.05) is 0 Å². The Hall–Kier alpha value is -2.45. The zero-order chi connectivity index (χ0) is 16.9. The number of benzene rings is 1. The Kier molecular flexibility index (Phi) is 5.61. The van der Waals surface area contributed by atoms with E-state index in [9.17, 15) is 13.5 Å². The van der Waals surface area contributed by atoms with Gasteiger partial charge in [-0.2, -0.15) is 18.6 Å². The molecule has 1 aromatic carbocycles. The molecule has 1 aromatic rings. The van der Waals surface area contributed by atoms with Gasteiger partial charge in [0, 0.05) is 6.08 Å². The zero-order valence-corrected chi connectivity index (χ0v) is 13.0. The van der Waals surface area contributed by atoms with Gasteiger partial charge in [0.1, 0.15) is 5.76 Å². The summed E-state index contributed by atoms with van der Waals surface area (Å²) in [7, 11) is -4.33. The summed E-state index contributed by atoms with van der Waals surface area (Å²) in [5, 5.41) is 17.2. The maximum atomic E-state index is 11.2. The second-order valence-corrected chi connectivity index (χ2v) is 5.78. The van der Waals surface area contributed by atoms with Crippen molar-refractivity contribution in [3.63, 3.8) is 0 Å². The van der Waals surface area contributed by atoms with Crippen molar-refractivity contribution < 1.29 is 18.1 Å². The summed E-state index contributed by atoms with van der Waals surface area (Å²) in [6.07, 6.45) is 2.84. The van der Waals surface area contributed by atoms with Gasteiger partial charge in [-0.15, -0.1) is 0 Å². The summed E-state index contributed by atoms with van der Waals surface area (Å²) in [5.41, 5.74) is 6.24. The van der Waals surface area contributed by atoms with Crippen molar-refractivity contribution >= 4 is 15.8 Å². The number of nitrogens with two attached hydrogens (primary N) is 1. The molecular weight excluding hydrogens is 306 g/mol. The Bertz CT molecular complexity index is 777. The smallest absolute Gasteiger partial charge is 0.294 e. The average molecular weight is 323 g/mol. The predicted octanol–water partition coefficient (Wildman–Crippen LogP) is 3.14. The van der Waals surface area contributed by atoms with Gasteiger partial charge in [-0.25, -0.2) is 0 Å². The van der Waals surface area contributed by atoms with Crippen LogP contribution in [0, 0.1) is 6.92 Å². The molecule has 0 aliphatic carbocycles. The molecule has 0 saturated carbocycles. The van der Waals surface area contributed by atoms with Crippen LogP contribution in [0.3, 0.4) is 0 Å². The van der Waals surface area contributed by atoms with Crippen LogP contribution in [-0.2, 0) is 10.1 Å². The van der Waals surface area contributed by atoms with Crippen molar-refractivity contribution in [2.24, 2.45) is 16.0 Å². The molecule has 118 valence electrons. The fourth-order valence-electron chi connectivity index (χ4n) is 1.45. The van der Waals surface area contributed by atoms with E-state index in [1.165, 1.54) is 18.2 Å². The van der Waals surface area contributed by atoms with Crippen molar-refractivity contribution in [1.82, 2.24) is 0 Å². The minimum atomic E-state index is -4.33. The second-order valence-electron chi connectivity index (χ2n) is 4.39. The van der Waals surface area contributed by atoms with E-state index in [1.807, 2.05) is 0 Å². The lowest BCUT2D eigenvalue weighted by Gasteiger charge is -2.03. The largest absolute Gasteiger partial charge is 0.506 e. The maximum Gasteiger partial charge on any atom is 0.294 e. The highest BCUT2D eigenvalue weighted by Gasteiger charge is 2.13. The Morgan fingerprint density at radius 3 is 2.55 bits per heavy atom.